The van der Waals surface area contributed by atoms with Crippen molar-refractivity contribution >= 4 is 6.09 Å². The number of nitrogens with zero attached hydrogens (tertiary/aromatic N) is 1. The van der Waals surface area contributed by atoms with Crippen LogP contribution in [0.2, 0.25) is 0 Å². The van der Waals surface area contributed by atoms with Crippen molar-refractivity contribution in [3.63, 3.8) is 0 Å². The highest BCUT2D eigenvalue weighted by atomic mass is 16.6. The van der Waals surface area contributed by atoms with E-state index in [0.29, 0.717) is 12.1 Å². The number of nitrogens with one attached hydrogen (secondary N) is 2. The fourth-order valence-corrected chi connectivity index (χ4v) is 2.81. The van der Waals surface area contributed by atoms with Gasteiger partial charge in [0.1, 0.15) is 5.60 Å². The van der Waals surface area contributed by atoms with Crippen LogP contribution in [0.15, 0.2) is 0 Å². The summed E-state index contributed by atoms with van der Waals surface area (Å²) in [6, 6.07) is 1.47. The molecule has 0 aliphatic heterocycles. The Kier molecular flexibility index (Phi) is 8.34. The number of hydrogen-bond donors (Lipinski definition) is 2. The van der Waals surface area contributed by atoms with Crippen LogP contribution in [0.3, 0.4) is 0 Å². The molecule has 0 atom stereocenters. The first-order valence-corrected chi connectivity index (χ1v) is 9.10. The zero-order valence-corrected chi connectivity index (χ0v) is 15.9. The van der Waals surface area contributed by atoms with Crippen LogP contribution < -0.4 is 10.6 Å². The molecule has 0 spiro atoms. The molecule has 23 heavy (non-hydrogen) atoms. The molecule has 1 amide bonds. The van der Waals surface area contributed by atoms with Gasteiger partial charge in [-0.2, -0.15) is 0 Å². The van der Waals surface area contributed by atoms with Gasteiger partial charge in [0.25, 0.3) is 0 Å². The van der Waals surface area contributed by atoms with Gasteiger partial charge in [-0.25, -0.2) is 4.79 Å². The summed E-state index contributed by atoms with van der Waals surface area (Å²) in [6.45, 7) is 12.4. The Hall–Kier alpha value is -0.810. The topological polar surface area (TPSA) is 53.6 Å². The molecule has 1 fully saturated rings. The second-order valence-corrected chi connectivity index (χ2v) is 8.08. The third-order valence-corrected chi connectivity index (χ3v) is 4.45. The minimum atomic E-state index is -0.425. The van der Waals surface area contributed by atoms with Crippen LogP contribution in [-0.2, 0) is 4.74 Å². The quantitative estimate of drug-likeness (QED) is 0.705. The molecule has 1 aliphatic rings. The van der Waals surface area contributed by atoms with Gasteiger partial charge in [-0.05, 0) is 86.9 Å². The average molecular weight is 328 g/mol. The first kappa shape index (κ1) is 20.2. The first-order valence-electron chi connectivity index (χ1n) is 9.10. The van der Waals surface area contributed by atoms with Crippen molar-refractivity contribution < 1.29 is 9.53 Å². The minimum Gasteiger partial charge on any atom is -0.444 e. The summed E-state index contributed by atoms with van der Waals surface area (Å²) in [6.07, 6.45) is 5.21. The maximum Gasteiger partial charge on any atom is 0.407 e. The highest BCUT2D eigenvalue weighted by molar-refractivity contribution is 5.68. The van der Waals surface area contributed by atoms with E-state index in [1.165, 1.54) is 6.42 Å². The monoisotopic (exact) mass is 327 g/mol. The third kappa shape index (κ3) is 9.16. The summed E-state index contributed by atoms with van der Waals surface area (Å²) in [5, 5.41) is 6.65. The molecule has 0 aromatic heterocycles. The Balaban J connectivity index is 2.12. The largest absolute Gasteiger partial charge is 0.444 e. The van der Waals surface area contributed by atoms with Crippen molar-refractivity contribution in [3.8, 4) is 0 Å². The lowest BCUT2D eigenvalue weighted by molar-refractivity contribution is 0.0489. The van der Waals surface area contributed by atoms with E-state index in [9.17, 15) is 4.79 Å². The fourth-order valence-electron chi connectivity index (χ4n) is 2.81. The third-order valence-electron chi connectivity index (χ3n) is 4.45. The van der Waals surface area contributed by atoms with Crippen LogP contribution in [0.25, 0.3) is 0 Å². The van der Waals surface area contributed by atoms with Gasteiger partial charge in [-0.15, -0.1) is 0 Å². The average Bonchev–Trinajstić information content (AvgIpc) is 2.42. The molecule has 0 heterocycles. The van der Waals surface area contributed by atoms with Gasteiger partial charge in [0.05, 0.1) is 0 Å². The Morgan fingerprint density at radius 1 is 1.17 bits per heavy atom. The van der Waals surface area contributed by atoms with E-state index in [-0.39, 0.29) is 12.1 Å². The van der Waals surface area contributed by atoms with Crippen molar-refractivity contribution in [2.75, 3.05) is 20.1 Å². The normalized spacial score (nSPS) is 22.4. The van der Waals surface area contributed by atoms with Crippen LogP contribution in [0.1, 0.15) is 66.7 Å². The maximum absolute atomic E-state index is 11.8. The molecule has 0 aromatic carbocycles. The van der Waals surface area contributed by atoms with Crippen LogP contribution in [-0.4, -0.2) is 54.9 Å². The summed E-state index contributed by atoms with van der Waals surface area (Å²) in [5.41, 5.74) is -0.425. The number of alkyl carbamates (subject to hydrolysis) is 1. The lowest BCUT2D eigenvalue weighted by Gasteiger charge is -2.31. The predicted molar refractivity (Wildman–Crippen MR) is 95.8 cm³/mol. The predicted octanol–water partition coefficient (Wildman–Crippen LogP) is 3.14. The van der Waals surface area contributed by atoms with Crippen molar-refractivity contribution in [2.24, 2.45) is 0 Å². The van der Waals surface area contributed by atoms with E-state index >= 15 is 0 Å². The second kappa shape index (κ2) is 9.48. The van der Waals surface area contributed by atoms with Gasteiger partial charge >= 0.3 is 6.09 Å². The van der Waals surface area contributed by atoms with Crippen LogP contribution in [0, 0.1) is 0 Å². The smallest absolute Gasteiger partial charge is 0.407 e. The van der Waals surface area contributed by atoms with E-state index in [2.05, 4.69) is 36.4 Å². The lowest BCUT2D eigenvalue weighted by atomic mass is 9.91. The van der Waals surface area contributed by atoms with E-state index in [1.54, 1.807) is 0 Å². The van der Waals surface area contributed by atoms with E-state index < -0.39 is 5.60 Å². The zero-order valence-electron chi connectivity index (χ0n) is 15.9. The number of carbonyl (C=O) groups excluding carboxylic acids is 1. The summed E-state index contributed by atoms with van der Waals surface area (Å²) in [5.74, 6) is 0. The second-order valence-electron chi connectivity index (χ2n) is 8.08. The molecule has 0 radical (unpaired) electrons. The fraction of sp³-hybridized carbons (Fsp3) is 0.944. The lowest BCUT2D eigenvalue weighted by Crippen LogP contribution is -2.44. The van der Waals surface area contributed by atoms with E-state index in [4.69, 9.17) is 4.74 Å². The maximum atomic E-state index is 11.8. The molecule has 5 nitrogen and oxygen atoms in total. The number of rotatable bonds is 7. The SMILES string of the molecule is CC(C)N(C)CCCNC1CCC(NC(=O)OC(C)(C)C)CC1. The summed E-state index contributed by atoms with van der Waals surface area (Å²) >= 11 is 0. The van der Waals surface area contributed by atoms with Crippen LogP contribution >= 0.6 is 0 Å². The highest BCUT2D eigenvalue weighted by Gasteiger charge is 2.24. The van der Waals surface area contributed by atoms with Crippen molar-refractivity contribution in [1.29, 1.82) is 0 Å². The van der Waals surface area contributed by atoms with Crippen LogP contribution in [0.5, 0.6) is 0 Å². The van der Waals surface area contributed by atoms with Gasteiger partial charge in [-0.1, -0.05) is 0 Å². The van der Waals surface area contributed by atoms with Gasteiger partial charge in [-0.3, -0.25) is 0 Å². The molecule has 0 aromatic rings. The van der Waals surface area contributed by atoms with Gasteiger partial charge in [0, 0.05) is 18.1 Å². The Labute approximate surface area is 142 Å². The number of amides is 1. The molecule has 1 aliphatic carbocycles. The highest BCUT2D eigenvalue weighted by Crippen LogP contribution is 2.19. The molecular weight excluding hydrogens is 290 g/mol. The number of ether oxygens (including phenoxy) is 1. The summed E-state index contributed by atoms with van der Waals surface area (Å²) in [7, 11) is 2.18. The van der Waals surface area contributed by atoms with Gasteiger partial charge in [0.15, 0.2) is 0 Å². The van der Waals surface area contributed by atoms with Crippen molar-refractivity contribution in [1.82, 2.24) is 15.5 Å². The minimum absolute atomic E-state index is 0.259. The van der Waals surface area contributed by atoms with Gasteiger partial charge in [0.2, 0.25) is 0 Å². The van der Waals surface area contributed by atoms with Crippen molar-refractivity contribution in [2.45, 2.75) is 90.4 Å². The van der Waals surface area contributed by atoms with Gasteiger partial charge < -0.3 is 20.3 Å². The molecule has 1 saturated carbocycles. The number of carbonyl (C=O) groups is 1. The van der Waals surface area contributed by atoms with E-state index in [0.717, 1.165) is 38.8 Å². The molecule has 1 rings (SSSR count). The van der Waals surface area contributed by atoms with E-state index in [1.807, 2.05) is 20.8 Å². The summed E-state index contributed by atoms with van der Waals surface area (Å²) in [4.78, 5) is 14.2. The molecule has 0 unspecified atom stereocenters. The van der Waals surface area contributed by atoms with Crippen molar-refractivity contribution in [3.05, 3.63) is 0 Å². The Bertz CT molecular complexity index is 345. The molecule has 2 N–H and O–H groups in total. The standard InChI is InChI=1S/C18H37N3O2/c1-14(2)21(6)13-7-12-19-15-8-10-16(11-9-15)20-17(22)23-18(3,4)5/h14-16,19H,7-13H2,1-6H3,(H,20,22). The van der Waals surface area contributed by atoms with Crippen LogP contribution in [0.4, 0.5) is 4.79 Å². The Morgan fingerprint density at radius 2 is 1.74 bits per heavy atom. The molecule has 0 bridgehead atoms. The first-order chi connectivity index (χ1) is 10.7. The number of hydrogen-bond acceptors (Lipinski definition) is 4. The summed E-state index contributed by atoms with van der Waals surface area (Å²) < 4.78 is 5.32. The molecular formula is C18H37N3O2. The Morgan fingerprint density at radius 3 is 2.26 bits per heavy atom. The molecule has 136 valence electrons. The zero-order chi connectivity index (χ0) is 17.5. The molecule has 5 heteroatoms. The molecule has 0 saturated heterocycles.